The number of carboxylic acids is 1. The quantitative estimate of drug-likeness (QED) is 0.851. The first-order valence-electron chi connectivity index (χ1n) is 6.09. The van der Waals surface area contributed by atoms with E-state index in [1.165, 1.54) is 6.07 Å². The Hall–Kier alpha value is -2.41. The molecule has 0 spiro atoms. The van der Waals surface area contributed by atoms with Crippen molar-refractivity contribution in [2.75, 3.05) is 0 Å². The van der Waals surface area contributed by atoms with Crippen molar-refractivity contribution in [3.63, 3.8) is 0 Å². The minimum atomic E-state index is -4.75. The molecule has 22 heavy (non-hydrogen) atoms. The molecule has 2 rings (SSSR count). The average molecular weight is 314 g/mol. The van der Waals surface area contributed by atoms with Gasteiger partial charge in [-0.25, -0.2) is 9.18 Å². The molecule has 0 amide bonds. The van der Waals surface area contributed by atoms with E-state index >= 15 is 0 Å². The van der Waals surface area contributed by atoms with Crippen molar-refractivity contribution in [2.24, 2.45) is 0 Å². The molecule has 0 heterocycles. The maximum atomic E-state index is 14.1. The molecule has 0 bridgehead atoms. The molecule has 3 nitrogen and oxygen atoms in total. The zero-order valence-electron chi connectivity index (χ0n) is 10.9. The maximum Gasteiger partial charge on any atom is 0.417 e. The third-order valence-corrected chi connectivity index (χ3v) is 3.08. The van der Waals surface area contributed by atoms with E-state index in [9.17, 15) is 27.5 Å². The van der Waals surface area contributed by atoms with Crippen molar-refractivity contribution >= 4 is 5.97 Å². The highest BCUT2D eigenvalue weighted by Gasteiger charge is 2.35. The predicted octanol–water partition coefficient (Wildman–Crippen LogP) is 3.63. The van der Waals surface area contributed by atoms with Gasteiger partial charge in [0.2, 0.25) is 0 Å². The molecule has 1 unspecified atom stereocenters. The number of hydrogen-bond acceptors (Lipinski definition) is 2. The van der Waals surface area contributed by atoms with Crippen LogP contribution in [0.1, 0.15) is 17.2 Å². The first-order valence-corrected chi connectivity index (χ1v) is 6.09. The molecule has 2 N–H and O–H groups in total. The lowest BCUT2D eigenvalue weighted by atomic mass is 9.92. The highest BCUT2D eigenvalue weighted by Crippen LogP contribution is 2.40. The monoisotopic (exact) mass is 314 g/mol. The van der Waals surface area contributed by atoms with Crippen molar-refractivity contribution < 1.29 is 32.6 Å². The topological polar surface area (TPSA) is 57.5 Å². The molecule has 0 fully saturated rings. The fourth-order valence-corrected chi connectivity index (χ4v) is 2.13. The molecule has 0 aromatic heterocycles. The highest BCUT2D eigenvalue weighted by atomic mass is 19.4. The third-order valence-electron chi connectivity index (χ3n) is 3.08. The van der Waals surface area contributed by atoms with Crippen molar-refractivity contribution in [1.82, 2.24) is 0 Å². The number of aliphatic hydroxyl groups excluding tert-OH is 1. The van der Waals surface area contributed by atoms with Gasteiger partial charge in [0, 0.05) is 11.1 Å². The standard InChI is InChI=1S/C15H10F4O3/c16-11-7-3-5-9(13(20)14(21)22)12(11)8-4-1-2-6-10(8)15(17,18)19/h1-7,13,20H,(H,21,22). The van der Waals surface area contributed by atoms with E-state index < -0.39 is 46.3 Å². The molecular weight excluding hydrogens is 304 g/mol. The molecule has 0 aliphatic rings. The molecule has 0 saturated carbocycles. The van der Waals surface area contributed by atoms with Gasteiger partial charge < -0.3 is 10.2 Å². The Morgan fingerprint density at radius 1 is 1.05 bits per heavy atom. The molecule has 0 radical (unpaired) electrons. The molecule has 2 aromatic carbocycles. The number of aliphatic carboxylic acids is 1. The van der Waals surface area contributed by atoms with Crippen LogP contribution in [0.4, 0.5) is 17.6 Å². The van der Waals surface area contributed by atoms with Crippen LogP contribution in [0.15, 0.2) is 42.5 Å². The maximum absolute atomic E-state index is 14.1. The van der Waals surface area contributed by atoms with E-state index in [1.54, 1.807) is 0 Å². The van der Waals surface area contributed by atoms with Gasteiger partial charge >= 0.3 is 12.1 Å². The molecule has 0 saturated heterocycles. The van der Waals surface area contributed by atoms with E-state index in [0.29, 0.717) is 0 Å². The fourth-order valence-electron chi connectivity index (χ4n) is 2.13. The lowest BCUT2D eigenvalue weighted by Crippen LogP contribution is -2.14. The van der Waals surface area contributed by atoms with E-state index in [0.717, 1.165) is 36.4 Å². The molecule has 116 valence electrons. The molecule has 2 aromatic rings. The Kier molecular flexibility index (Phi) is 4.18. The van der Waals surface area contributed by atoms with Gasteiger partial charge in [-0.1, -0.05) is 30.3 Å². The second kappa shape index (κ2) is 5.76. The Morgan fingerprint density at radius 2 is 1.68 bits per heavy atom. The second-order valence-electron chi connectivity index (χ2n) is 4.49. The van der Waals surface area contributed by atoms with E-state index in [1.807, 2.05) is 0 Å². The summed E-state index contributed by atoms with van der Waals surface area (Å²) < 4.78 is 53.2. The average Bonchev–Trinajstić information content (AvgIpc) is 2.45. The number of alkyl halides is 3. The second-order valence-corrected chi connectivity index (χ2v) is 4.49. The van der Waals surface area contributed by atoms with Crippen LogP contribution in [0.3, 0.4) is 0 Å². The summed E-state index contributed by atoms with van der Waals surface area (Å²) >= 11 is 0. The zero-order chi connectivity index (χ0) is 16.5. The van der Waals surface area contributed by atoms with Crippen LogP contribution in [-0.2, 0) is 11.0 Å². The van der Waals surface area contributed by atoms with Crippen LogP contribution in [0.25, 0.3) is 11.1 Å². The zero-order valence-corrected chi connectivity index (χ0v) is 10.9. The van der Waals surface area contributed by atoms with Gasteiger partial charge in [-0.3, -0.25) is 0 Å². The van der Waals surface area contributed by atoms with Crippen molar-refractivity contribution in [3.05, 3.63) is 59.4 Å². The Labute approximate surface area is 122 Å². The van der Waals surface area contributed by atoms with Gasteiger partial charge in [0.15, 0.2) is 6.10 Å². The molecular formula is C15H10F4O3. The lowest BCUT2D eigenvalue weighted by Gasteiger charge is -2.17. The van der Waals surface area contributed by atoms with Crippen LogP contribution >= 0.6 is 0 Å². The van der Waals surface area contributed by atoms with Gasteiger partial charge in [0.1, 0.15) is 5.82 Å². The van der Waals surface area contributed by atoms with Gasteiger partial charge in [0.05, 0.1) is 5.56 Å². The summed E-state index contributed by atoms with van der Waals surface area (Å²) in [6.07, 6.45) is -6.88. The predicted molar refractivity (Wildman–Crippen MR) is 69.4 cm³/mol. The van der Waals surface area contributed by atoms with Gasteiger partial charge in [-0.05, 0) is 17.7 Å². The minimum absolute atomic E-state index is 0.441. The Balaban J connectivity index is 2.77. The van der Waals surface area contributed by atoms with Gasteiger partial charge in [-0.2, -0.15) is 13.2 Å². The van der Waals surface area contributed by atoms with Crippen LogP contribution < -0.4 is 0 Å². The molecule has 7 heteroatoms. The first-order chi connectivity index (χ1) is 10.2. The fraction of sp³-hybridized carbons (Fsp3) is 0.133. The number of benzene rings is 2. The molecule has 1 atom stereocenters. The number of aliphatic hydroxyl groups is 1. The van der Waals surface area contributed by atoms with Crippen LogP contribution in [0, 0.1) is 5.82 Å². The highest BCUT2D eigenvalue weighted by molar-refractivity contribution is 5.81. The summed E-state index contributed by atoms with van der Waals surface area (Å²) in [6, 6.07) is 7.30. The molecule has 0 aliphatic carbocycles. The lowest BCUT2D eigenvalue weighted by molar-refractivity contribution is -0.146. The van der Waals surface area contributed by atoms with Crippen molar-refractivity contribution in [2.45, 2.75) is 12.3 Å². The summed E-state index contributed by atoms with van der Waals surface area (Å²) in [4.78, 5) is 10.9. The first kappa shape index (κ1) is 16.0. The van der Waals surface area contributed by atoms with E-state index in [-0.39, 0.29) is 0 Å². The van der Waals surface area contributed by atoms with E-state index in [2.05, 4.69) is 0 Å². The van der Waals surface area contributed by atoms with Gasteiger partial charge in [0.25, 0.3) is 0 Å². The summed E-state index contributed by atoms with van der Waals surface area (Å²) in [5.74, 6) is -2.73. The Morgan fingerprint density at radius 3 is 2.27 bits per heavy atom. The minimum Gasteiger partial charge on any atom is -0.479 e. The smallest absolute Gasteiger partial charge is 0.417 e. The molecule has 0 aliphatic heterocycles. The largest absolute Gasteiger partial charge is 0.479 e. The number of hydrogen-bond donors (Lipinski definition) is 2. The summed E-state index contributed by atoms with van der Waals surface area (Å²) in [5.41, 5.74) is -2.66. The van der Waals surface area contributed by atoms with E-state index in [4.69, 9.17) is 5.11 Å². The summed E-state index contributed by atoms with van der Waals surface area (Å²) in [6.45, 7) is 0. The van der Waals surface area contributed by atoms with Crippen LogP contribution in [-0.4, -0.2) is 16.2 Å². The summed E-state index contributed by atoms with van der Waals surface area (Å²) in [5, 5.41) is 18.4. The SMILES string of the molecule is O=C(O)C(O)c1cccc(F)c1-c1ccccc1C(F)(F)F. The van der Waals surface area contributed by atoms with Crippen LogP contribution in [0.5, 0.6) is 0 Å². The van der Waals surface area contributed by atoms with Crippen LogP contribution in [0.2, 0.25) is 0 Å². The Bertz CT molecular complexity index is 710. The van der Waals surface area contributed by atoms with Crippen molar-refractivity contribution in [3.8, 4) is 11.1 Å². The van der Waals surface area contributed by atoms with Gasteiger partial charge in [-0.15, -0.1) is 0 Å². The van der Waals surface area contributed by atoms with Crippen molar-refractivity contribution in [1.29, 1.82) is 0 Å². The summed E-state index contributed by atoms with van der Waals surface area (Å²) in [7, 11) is 0. The third kappa shape index (κ3) is 2.94. The number of rotatable bonds is 3. The number of halogens is 4. The normalized spacial score (nSPS) is 13.0. The number of carbonyl (C=O) groups is 1. The number of carboxylic acid groups (broad SMARTS) is 1.